The van der Waals surface area contributed by atoms with Crippen LogP contribution >= 0.6 is 0 Å². The molecule has 0 aliphatic rings. The predicted molar refractivity (Wildman–Crippen MR) is 59.4 cm³/mol. The maximum atomic E-state index is 12.0. The molecule has 0 heterocycles. The van der Waals surface area contributed by atoms with Gasteiger partial charge in [-0.1, -0.05) is 42.5 Å². The molecule has 0 aliphatic heterocycles. The Kier molecular flexibility index (Phi) is 3.23. The molecule has 74 valence electrons. The minimum Gasteiger partial charge on any atom is -0.293 e. The van der Waals surface area contributed by atoms with E-state index in [1.54, 1.807) is 0 Å². The van der Waals surface area contributed by atoms with Crippen molar-refractivity contribution in [3.8, 4) is 0 Å². The van der Waals surface area contributed by atoms with Crippen molar-refractivity contribution in [1.82, 2.24) is 0 Å². The fourth-order valence-electron chi connectivity index (χ4n) is 1.45. The number of carbonyl (C=O) groups excluding carboxylic acids is 1. The zero-order chi connectivity index (χ0) is 10.6. The van der Waals surface area contributed by atoms with Crippen molar-refractivity contribution in [1.29, 1.82) is 0 Å². The van der Waals surface area contributed by atoms with E-state index < -0.39 is 5.41 Å². The second-order valence-corrected chi connectivity index (χ2v) is 3.92. The molecular formula is C13H16O. The molecule has 0 fully saturated rings. The number of rotatable bonds is 3. The lowest BCUT2D eigenvalue weighted by Crippen LogP contribution is -2.21. The van der Waals surface area contributed by atoms with Crippen molar-refractivity contribution in [3.05, 3.63) is 48.0 Å². The van der Waals surface area contributed by atoms with E-state index in [0.717, 1.165) is 5.56 Å². The van der Waals surface area contributed by atoms with Crippen molar-refractivity contribution in [3.63, 3.8) is 0 Å². The minimum atomic E-state index is -0.407. The van der Waals surface area contributed by atoms with E-state index in [9.17, 15) is 4.79 Å². The van der Waals surface area contributed by atoms with Crippen LogP contribution in [-0.4, -0.2) is 5.78 Å². The average Bonchev–Trinajstić information content (AvgIpc) is 2.18. The largest absolute Gasteiger partial charge is 0.293 e. The molecule has 0 unspecified atom stereocenters. The lowest BCUT2D eigenvalue weighted by Gasteiger charge is -2.18. The first kappa shape index (κ1) is 10.7. The summed E-state index contributed by atoms with van der Waals surface area (Å²) in [6, 6.07) is 9.40. The SMILES string of the molecule is C/C=C/C(C)(C)C(=O)c1ccccc1. The Balaban J connectivity index is 2.97. The van der Waals surface area contributed by atoms with Crippen LogP contribution in [0, 0.1) is 5.41 Å². The van der Waals surface area contributed by atoms with Crippen LogP contribution in [0.1, 0.15) is 31.1 Å². The number of Topliss-reactive ketones (excluding diaryl/α,β-unsaturated/α-hetero) is 1. The summed E-state index contributed by atoms with van der Waals surface area (Å²) in [4.78, 5) is 12.0. The number of hydrogen-bond acceptors (Lipinski definition) is 1. The summed E-state index contributed by atoms with van der Waals surface area (Å²) in [5.74, 6) is 0.163. The van der Waals surface area contributed by atoms with Crippen LogP contribution in [0.25, 0.3) is 0 Å². The first-order valence-electron chi connectivity index (χ1n) is 4.81. The first-order chi connectivity index (χ1) is 6.58. The van der Waals surface area contributed by atoms with E-state index in [1.165, 1.54) is 0 Å². The van der Waals surface area contributed by atoms with Gasteiger partial charge in [-0.15, -0.1) is 0 Å². The Hall–Kier alpha value is -1.37. The highest BCUT2D eigenvalue weighted by Crippen LogP contribution is 2.23. The van der Waals surface area contributed by atoms with Crippen LogP contribution in [0.5, 0.6) is 0 Å². The van der Waals surface area contributed by atoms with Crippen LogP contribution in [0.15, 0.2) is 42.5 Å². The Bertz CT molecular complexity index is 334. The molecule has 0 aromatic heterocycles. The van der Waals surface area contributed by atoms with Crippen LogP contribution < -0.4 is 0 Å². The van der Waals surface area contributed by atoms with Crippen molar-refractivity contribution < 1.29 is 4.79 Å². The molecule has 1 aromatic carbocycles. The molecular weight excluding hydrogens is 172 g/mol. The molecule has 0 atom stereocenters. The minimum absolute atomic E-state index is 0.163. The highest BCUT2D eigenvalue weighted by atomic mass is 16.1. The fraction of sp³-hybridized carbons (Fsp3) is 0.308. The number of allylic oxidation sites excluding steroid dienone is 2. The van der Waals surface area contributed by atoms with Gasteiger partial charge in [0.1, 0.15) is 0 Å². The summed E-state index contributed by atoms with van der Waals surface area (Å²) in [7, 11) is 0. The third-order valence-corrected chi connectivity index (χ3v) is 2.20. The number of carbonyl (C=O) groups is 1. The van der Waals surface area contributed by atoms with Gasteiger partial charge < -0.3 is 0 Å². The van der Waals surface area contributed by atoms with Crippen LogP contribution in [0.4, 0.5) is 0 Å². The lowest BCUT2D eigenvalue weighted by atomic mass is 9.84. The molecule has 14 heavy (non-hydrogen) atoms. The summed E-state index contributed by atoms with van der Waals surface area (Å²) in [6.45, 7) is 5.80. The van der Waals surface area contributed by atoms with E-state index in [-0.39, 0.29) is 5.78 Å². The molecule has 1 rings (SSSR count). The van der Waals surface area contributed by atoms with E-state index in [0.29, 0.717) is 0 Å². The first-order valence-corrected chi connectivity index (χ1v) is 4.81. The summed E-state index contributed by atoms with van der Waals surface area (Å²) < 4.78 is 0. The maximum Gasteiger partial charge on any atom is 0.172 e. The van der Waals surface area contributed by atoms with Gasteiger partial charge in [-0.3, -0.25) is 4.79 Å². The van der Waals surface area contributed by atoms with E-state index in [4.69, 9.17) is 0 Å². The van der Waals surface area contributed by atoms with Gasteiger partial charge in [0.25, 0.3) is 0 Å². The second kappa shape index (κ2) is 4.23. The molecule has 1 aromatic rings. The van der Waals surface area contributed by atoms with Crippen LogP contribution in [0.2, 0.25) is 0 Å². The summed E-state index contributed by atoms with van der Waals surface area (Å²) in [5.41, 5.74) is 0.367. The third kappa shape index (κ3) is 2.32. The highest BCUT2D eigenvalue weighted by molar-refractivity contribution is 6.01. The molecule has 0 radical (unpaired) electrons. The van der Waals surface area contributed by atoms with Gasteiger partial charge in [0.05, 0.1) is 0 Å². The van der Waals surface area contributed by atoms with Crippen LogP contribution in [-0.2, 0) is 0 Å². The zero-order valence-corrected chi connectivity index (χ0v) is 8.95. The molecule has 1 nitrogen and oxygen atoms in total. The van der Waals surface area contributed by atoms with Gasteiger partial charge in [0, 0.05) is 11.0 Å². The molecule has 1 heteroatoms. The van der Waals surface area contributed by atoms with Gasteiger partial charge in [0.15, 0.2) is 5.78 Å². The van der Waals surface area contributed by atoms with Gasteiger partial charge >= 0.3 is 0 Å². The van der Waals surface area contributed by atoms with Crippen molar-refractivity contribution in [2.24, 2.45) is 5.41 Å². The Morgan fingerprint density at radius 2 is 1.79 bits per heavy atom. The van der Waals surface area contributed by atoms with Crippen molar-refractivity contribution in [2.45, 2.75) is 20.8 Å². The zero-order valence-electron chi connectivity index (χ0n) is 8.95. The van der Waals surface area contributed by atoms with Gasteiger partial charge in [0.2, 0.25) is 0 Å². The Labute approximate surface area is 85.5 Å². The van der Waals surface area contributed by atoms with Gasteiger partial charge in [-0.25, -0.2) is 0 Å². The molecule has 0 aliphatic carbocycles. The van der Waals surface area contributed by atoms with Crippen LogP contribution in [0.3, 0.4) is 0 Å². The molecule has 0 N–H and O–H groups in total. The molecule has 0 saturated carbocycles. The predicted octanol–water partition coefficient (Wildman–Crippen LogP) is 3.47. The van der Waals surface area contributed by atoms with Gasteiger partial charge in [-0.05, 0) is 20.8 Å². The van der Waals surface area contributed by atoms with E-state index in [1.807, 2.05) is 63.3 Å². The third-order valence-electron chi connectivity index (χ3n) is 2.20. The molecule has 0 bridgehead atoms. The van der Waals surface area contributed by atoms with Crippen molar-refractivity contribution in [2.75, 3.05) is 0 Å². The van der Waals surface area contributed by atoms with Gasteiger partial charge in [-0.2, -0.15) is 0 Å². The highest BCUT2D eigenvalue weighted by Gasteiger charge is 2.24. The smallest absolute Gasteiger partial charge is 0.172 e. The maximum absolute atomic E-state index is 12.0. The van der Waals surface area contributed by atoms with Crippen molar-refractivity contribution >= 4 is 5.78 Å². The standard InChI is InChI=1S/C13H16O/c1-4-10-13(2,3)12(14)11-8-6-5-7-9-11/h4-10H,1-3H3/b10-4+. The van der Waals surface area contributed by atoms with E-state index in [2.05, 4.69) is 0 Å². The number of hydrogen-bond donors (Lipinski definition) is 0. The molecule has 0 amide bonds. The monoisotopic (exact) mass is 188 g/mol. The summed E-state index contributed by atoms with van der Waals surface area (Å²) in [6.07, 6.45) is 3.85. The molecule has 0 saturated heterocycles. The van der Waals surface area contributed by atoms with E-state index >= 15 is 0 Å². The quantitative estimate of drug-likeness (QED) is 0.524. The molecule has 0 spiro atoms. The summed E-state index contributed by atoms with van der Waals surface area (Å²) >= 11 is 0. The summed E-state index contributed by atoms with van der Waals surface area (Å²) in [5, 5.41) is 0. The Morgan fingerprint density at radius 1 is 1.21 bits per heavy atom. The Morgan fingerprint density at radius 3 is 2.29 bits per heavy atom. The lowest BCUT2D eigenvalue weighted by molar-refractivity contribution is 0.0885. The second-order valence-electron chi connectivity index (χ2n) is 3.92. The topological polar surface area (TPSA) is 17.1 Å². The number of benzene rings is 1. The fourth-order valence-corrected chi connectivity index (χ4v) is 1.45. The number of ketones is 1. The average molecular weight is 188 g/mol. The normalized spacial score (nSPS) is 11.9.